The van der Waals surface area contributed by atoms with Crippen molar-refractivity contribution in [2.45, 2.75) is 46.2 Å². The maximum absolute atomic E-state index is 13.1. The molecule has 9 heteroatoms. The lowest BCUT2D eigenvalue weighted by atomic mass is 9.96. The Morgan fingerprint density at radius 3 is 2.52 bits per heavy atom. The molecule has 1 fully saturated rings. The summed E-state index contributed by atoms with van der Waals surface area (Å²) in [4.78, 5) is 32.5. The molecule has 2 atom stereocenters. The normalized spacial score (nSPS) is 16.3. The summed E-state index contributed by atoms with van der Waals surface area (Å²) in [7, 11) is 1.39. The lowest BCUT2D eigenvalue weighted by molar-refractivity contribution is -0.116. The van der Waals surface area contributed by atoms with Crippen molar-refractivity contribution >= 4 is 34.9 Å². The quantitative estimate of drug-likeness (QED) is 0.198. The molecule has 3 heterocycles. The predicted octanol–water partition coefficient (Wildman–Crippen LogP) is 5.89. The van der Waals surface area contributed by atoms with E-state index in [4.69, 9.17) is 17.0 Å². The van der Waals surface area contributed by atoms with Crippen LogP contribution in [-0.2, 0) is 9.53 Å². The first kappa shape index (κ1) is 29.0. The van der Waals surface area contributed by atoms with Crippen LogP contribution in [0, 0.1) is 27.7 Å². The van der Waals surface area contributed by atoms with Crippen LogP contribution < -0.4 is 10.6 Å². The first-order valence-corrected chi connectivity index (χ1v) is 14.3. The Kier molecular flexibility index (Phi) is 8.40. The fourth-order valence-corrected chi connectivity index (χ4v) is 6.03. The van der Waals surface area contributed by atoms with Gasteiger partial charge < -0.3 is 24.8 Å². The number of hydrogen-bond acceptors (Lipinski definition) is 5. The number of benzene rings is 2. The summed E-state index contributed by atoms with van der Waals surface area (Å²) in [6.07, 6.45) is 2.03. The van der Waals surface area contributed by atoms with Gasteiger partial charge in [-0.05, 0) is 93.0 Å². The summed E-state index contributed by atoms with van der Waals surface area (Å²) in [6, 6.07) is 20.9. The highest BCUT2D eigenvalue weighted by molar-refractivity contribution is 7.80. The van der Waals surface area contributed by atoms with E-state index in [1.165, 1.54) is 7.11 Å². The average Bonchev–Trinajstić information content (AvgIpc) is 3.47. The number of esters is 1. The van der Waals surface area contributed by atoms with Crippen molar-refractivity contribution in [2.75, 3.05) is 19.0 Å². The molecule has 0 spiro atoms. The molecule has 5 rings (SSSR count). The van der Waals surface area contributed by atoms with Crippen molar-refractivity contribution in [3.05, 3.63) is 112 Å². The highest BCUT2D eigenvalue weighted by Crippen LogP contribution is 2.41. The summed E-state index contributed by atoms with van der Waals surface area (Å²) in [5.41, 5.74) is 7.95. The van der Waals surface area contributed by atoms with Crippen LogP contribution in [0.15, 0.2) is 72.9 Å². The van der Waals surface area contributed by atoms with E-state index in [9.17, 15) is 9.59 Å². The van der Waals surface area contributed by atoms with E-state index in [2.05, 4.69) is 31.2 Å². The molecule has 8 nitrogen and oxygen atoms in total. The smallest absolute Gasteiger partial charge is 0.339 e. The van der Waals surface area contributed by atoms with Gasteiger partial charge in [-0.3, -0.25) is 9.78 Å². The van der Waals surface area contributed by atoms with E-state index >= 15 is 0 Å². The Labute approximate surface area is 251 Å². The monoisotopic (exact) mass is 581 g/mol. The number of ether oxygens (including phenoxy) is 1. The first-order valence-electron chi connectivity index (χ1n) is 13.9. The van der Waals surface area contributed by atoms with Crippen LogP contribution in [0.25, 0.3) is 5.69 Å². The van der Waals surface area contributed by atoms with E-state index in [0.29, 0.717) is 17.2 Å². The number of anilines is 1. The number of hydrogen-bond donors (Lipinski definition) is 2. The fraction of sp³-hybridized carbons (Fsp3) is 0.273. The minimum atomic E-state index is -0.397. The van der Waals surface area contributed by atoms with Gasteiger partial charge in [-0.1, -0.05) is 30.3 Å². The van der Waals surface area contributed by atoms with E-state index < -0.39 is 5.97 Å². The molecule has 0 radical (unpaired) electrons. The summed E-state index contributed by atoms with van der Waals surface area (Å²) < 4.78 is 7.14. The van der Waals surface area contributed by atoms with Crippen LogP contribution in [0.3, 0.4) is 0 Å². The number of para-hydroxylation sites is 1. The van der Waals surface area contributed by atoms with Crippen molar-refractivity contribution in [3.63, 3.8) is 0 Å². The van der Waals surface area contributed by atoms with E-state index in [0.717, 1.165) is 45.1 Å². The Balaban J connectivity index is 1.50. The Morgan fingerprint density at radius 2 is 1.79 bits per heavy atom. The standard InChI is InChI=1S/C33H35N5O3S/c1-20-13-14-21(2)27(18-20)35-29(39)15-17-37-31(30(36-33(37)42)26-11-8-9-16-34-26)25-19-22(3)38(23(25)4)28-12-7-6-10-24(28)32(40)41-5/h6-14,16,18-19,30-31H,15,17H2,1-5H3,(H,35,39)(H,36,42)/t30-,31-/m0/s1. The van der Waals surface area contributed by atoms with Gasteiger partial charge in [0.15, 0.2) is 5.11 Å². The molecule has 0 aliphatic carbocycles. The highest BCUT2D eigenvalue weighted by Gasteiger charge is 2.41. The number of amides is 1. The molecule has 0 bridgehead atoms. The summed E-state index contributed by atoms with van der Waals surface area (Å²) in [6.45, 7) is 8.46. The van der Waals surface area contributed by atoms with Crippen LogP contribution in [0.2, 0.25) is 0 Å². The number of thiocarbonyl (C=S) groups is 1. The second-order valence-electron chi connectivity index (χ2n) is 10.6. The zero-order valence-corrected chi connectivity index (χ0v) is 25.3. The van der Waals surface area contributed by atoms with Gasteiger partial charge in [-0.15, -0.1) is 0 Å². The lowest BCUT2D eigenvalue weighted by Crippen LogP contribution is -2.33. The predicted molar refractivity (Wildman–Crippen MR) is 168 cm³/mol. The van der Waals surface area contributed by atoms with Gasteiger partial charge in [0.2, 0.25) is 5.91 Å². The van der Waals surface area contributed by atoms with Gasteiger partial charge in [-0.2, -0.15) is 0 Å². The topological polar surface area (TPSA) is 88.5 Å². The largest absolute Gasteiger partial charge is 0.465 e. The van der Waals surface area contributed by atoms with Gasteiger partial charge in [0, 0.05) is 36.2 Å². The molecular formula is C33H35N5O3S. The third-order valence-electron chi connectivity index (χ3n) is 7.78. The number of rotatable bonds is 8. The molecule has 0 saturated carbocycles. The molecule has 1 saturated heterocycles. The van der Waals surface area contributed by atoms with E-state index in [1.54, 1.807) is 12.3 Å². The number of nitrogens with zero attached hydrogens (tertiary/aromatic N) is 3. The second kappa shape index (κ2) is 12.2. The van der Waals surface area contributed by atoms with Gasteiger partial charge in [0.1, 0.15) is 0 Å². The van der Waals surface area contributed by atoms with E-state index in [1.807, 2.05) is 82.3 Å². The molecule has 4 aromatic rings. The van der Waals surface area contributed by atoms with Crippen molar-refractivity contribution in [1.82, 2.24) is 19.8 Å². The Bertz CT molecular complexity index is 1650. The van der Waals surface area contributed by atoms with E-state index in [-0.39, 0.29) is 24.4 Å². The third-order valence-corrected chi connectivity index (χ3v) is 8.14. The van der Waals surface area contributed by atoms with Crippen LogP contribution in [0.5, 0.6) is 0 Å². The molecule has 0 unspecified atom stereocenters. The zero-order chi connectivity index (χ0) is 30.0. The molecule has 2 aromatic carbocycles. The maximum atomic E-state index is 13.1. The van der Waals surface area contributed by atoms with Crippen LogP contribution in [0.4, 0.5) is 5.69 Å². The van der Waals surface area contributed by atoms with Gasteiger partial charge in [-0.25, -0.2) is 4.79 Å². The molecule has 42 heavy (non-hydrogen) atoms. The van der Waals surface area contributed by atoms with Crippen LogP contribution >= 0.6 is 12.2 Å². The lowest BCUT2D eigenvalue weighted by Gasteiger charge is -2.28. The molecule has 1 aliphatic rings. The maximum Gasteiger partial charge on any atom is 0.339 e. The van der Waals surface area contributed by atoms with Crippen LogP contribution in [0.1, 0.15) is 62.6 Å². The highest BCUT2D eigenvalue weighted by atomic mass is 32.1. The Morgan fingerprint density at radius 1 is 1.02 bits per heavy atom. The Hall–Kier alpha value is -4.50. The van der Waals surface area contributed by atoms with Crippen molar-refractivity contribution in [3.8, 4) is 5.69 Å². The SMILES string of the molecule is COC(=O)c1ccccc1-n1c(C)cc([C@H]2[C@H](c3ccccn3)NC(=S)N2CCC(=O)Nc2cc(C)ccc2C)c1C. The number of nitrogens with one attached hydrogen (secondary N) is 2. The fourth-order valence-electron chi connectivity index (χ4n) is 5.70. The van der Waals surface area contributed by atoms with Gasteiger partial charge in [0.25, 0.3) is 0 Å². The molecule has 1 aliphatic heterocycles. The summed E-state index contributed by atoms with van der Waals surface area (Å²) in [5, 5.41) is 7.10. The summed E-state index contributed by atoms with van der Waals surface area (Å²) in [5.74, 6) is -0.477. The zero-order valence-electron chi connectivity index (χ0n) is 24.5. The third kappa shape index (κ3) is 5.65. The molecule has 2 N–H and O–H groups in total. The molecule has 2 aromatic heterocycles. The minimum absolute atomic E-state index is 0.0796. The average molecular weight is 582 g/mol. The van der Waals surface area contributed by atoms with Crippen molar-refractivity contribution < 1.29 is 14.3 Å². The van der Waals surface area contributed by atoms with Crippen LogP contribution in [-0.4, -0.2) is 45.1 Å². The number of aryl methyl sites for hydroxylation is 3. The number of carbonyl (C=O) groups is 2. The number of methoxy groups -OCH3 is 1. The molecule has 216 valence electrons. The number of aromatic nitrogens is 2. The van der Waals surface area contributed by atoms with Crippen molar-refractivity contribution in [2.24, 2.45) is 0 Å². The van der Waals surface area contributed by atoms with Gasteiger partial charge >= 0.3 is 5.97 Å². The number of pyridine rings is 1. The van der Waals surface area contributed by atoms with Gasteiger partial charge in [0.05, 0.1) is 36.1 Å². The minimum Gasteiger partial charge on any atom is -0.465 e. The molecular weight excluding hydrogens is 546 g/mol. The second-order valence-corrected chi connectivity index (χ2v) is 11.0. The summed E-state index contributed by atoms with van der Waals surface area (Å²) >= 11 is 5.85. The molecule has 1 amide bonds. The number of carbonyl (C=O) groups excluding carboxylic acids is 2. The first-order chi connectivity index (χ1) is 20.2. The van der Waals surface area contributed by atoms with Crippen molar-refractivity contribution in [1.29, 1.82) is 0 Å².